The van der Waals surface area contributed by atoms with Gasteiger partial charge in [-0.2, -0.15) is 0 Å². The molecule has 2 bridgehead atoms. The molecule has 2 aliphatic carbocycles. The summed E-state index contributed by atoms with van der Waals surface area (Å²) < 4.78 is 0. The molecule has 0 aromatic rings. The summed E-state index contributed by atoms with van der Waals surface area (Å²) in [4.78, 5) is 0. The number of rotatable bonds is 0. The molecule has 0 amide bonds. The molecule has 2 atom stereocenters. The van der Waals surface area contributed by atoms with Crippen molar-refractivity contribution in [2.24, 2.45) is 17.3 Å². The van der Waals surface area contributed by atoms with Crippen molar-refractivity contribution in [3.05, 3.63) is 60.3 Å². The average molecular weight is 268 g/mol. The molecular formula is C20H28. The molecule has 20 heavy (non-hydrogen) atoms. The van der Waals surface area contributed by atoms with Crippen LogP contribution in [0.4, 0.5) is 0 Å². The first-order chi connectivity index (χ1) is 9.55. The number of hydrogen-bond donors (Lipinski definition) is 0. The molecule has 0 fully saturated rings. The first-order valence-electron chi connectivity index (χ1n) is 7.94. The Morgan fingerprint density at radius 2 is 1.85 bits per heavy atom. The maximum atomic E-state index is 2.42. The molecule has 2 rings (SSSR count). The quantitative estimate of drug-likeness (QED) is 0.505. The van der Waals surface area contributed by atoms with Crippen molar-refractivity contribution in [1.29, 1.82) is 0 Å². The van der Waals surface area contributed by atoms with Crippen LogP contribution < -0.4 is 0 Å². The molecule has 2 aliphatic rings. The standard InChI is InChI=1S/C20H28/c1-20(2,3)19-13-9-8-11-17-10-6-4-5-7-12-18(16-19)15-14-17/h4-8,10-11,14-15,18-19H,9,12-13,16H2,1-3H3. The summed E-state index contributed by atoms with van der Waals surface area (Å²) in [6, 6.07) is 0. The number of hydrogen-bond acceptors (Lipinski definition) is 0. The molecule has 0 saturated heterocycles. The van der Waals surface area contributed by atoms with Crippen molar-refractivity contribution in [3.63, 3.8) is 0 Å². The van der Waals surface area contributed by atoms with Gasteiger partial charge in [-0.05, 0) is 48.5 Å². The molecule has 0 saturated carbocycles. The zero-order chi connectivity index (χ0) is 14.4. The fourth-order valence-electron chi connectivity index (χ4n) is 3.02. The fraction of sp³-hybridized carbons (Fsp3) is 0.500. The highest BCUT2D eigenvalue weighted by Gasteiger charge is 2.26. The van der Waals surface area contributed by atoms with Crippen molar-refractivity contribution in [2.75, 3.05) is 0 Å². The SMILES string of the molecule is CC(C)(C)C1CCC=CC2=CC=CC=CCC(C=C2)C1. The lowest BCUT2D eigenvalue weighted by molar-refractivity contribution is 0.195. The van der Waals surface area contributed by atoms with Crippen molar-refractivity contribution in [1.82, 2.24) is 0 Å². The normalized spacial score (nSPS) is 27.4. The van der Waals surface area contributed by atoms with E-state index < -0.39 is 0 Å². The molecule has 2 unspecified atom stereocenters. The molecule has 0 nitrogen and oxygen atoms in total. The first-order valence-corrected chi connectivity index (χ1v) is 7.94. The van der Waals surface area contributed by atoms with Crippen LogP contribution in [0.2, 0.25) is 0 Å². The van der Waals surface area contributed by atoms with Crippen LogP contribution in [-0.4, -0.2) is 0 Å². The van der Waals surface area contributed by atoms with Gasteiger partial charge in [0, 0.05) is 0 Å². The second kappa shape index (κ2) is 6.92. The van der Waals surface area contributed by atoms with Crippen LogP contribution in [0.3, 0.4) is 0 Å². The van der Waals surface area contributed by atoms with Crippen molar-refractivity contribution < 1.29 is 0 Å². The van der Waals surface area contributed by atoms with Crippen LogP contribution in [0.15, 0.2) is 60.3 Å². The summed E-state index contributed by atoms with van der Waals surface area (Å²) in [6.07, 6.45) is 25.2. The summed E-state index contributed by atoms with van der Waals surface area (Å²) in [5.41, 5.74) is 1.72. The van der Waals surface area contributed by atoms with E-state index >= 15 is 0 Å². The maximum Gasteiger partial charge on any atom is -0.0193 e. The average Bonchev–Trinajstić information content (AvgIpc) is 2.41. The zero-order valence-corrected chi connectivity index (χ0v) is 13.2. The molecule has 0 aromatic carbocycles. The predicted molar refractivity (Wildman–Crippen MR) is 89.5 cm³/mol. The van der Waals surface area contributed by atoms with Crippen LogP contribution >= 0.6 is 0 Å². The Labute approximate surface area is 124 Å². The molecule has 0 N–H and O–H groups in total. The third-order valence-corrected chi connectivity index (χ3v) is 4.45. The molecule has 0 heteroatoms. The minimum absolute atomic E-state index is 0.401. The smallest absolute Gasteiger partial charge is 0.0193 e. The lowest BCUT2D eigenvalue weighted by atomic mass is 9.72. The molecular weight excluding hydrogens is 240 g/mol. The summed E-state index contributed by atoms with van der Waals surface area (Å²) >= 11 is 0. The highest BCUT2D eigenvalue weighted by atomic mass is 14.3. The van der Waals surface area contributed by atoms with Crippen LogP contribution in [0.25, 0.3) is 0 Å². The Kier molecular flexibility index (Phi) is 5.23. The maximum absolute atomic E-state index is 2.42. The molecule has 0 spiro atoms. The fourth-order valence-corrected chi connectivity index (χ4v) is 3.02. The molecule has 108 valence electrons. The van der Waals surface area contributed by atoms with Crippen molar-refractivity contribution in [3.8, 4) is 0 Å². The van der Waals surface area contributed by atoms with E-state index in [1.165, 1.54) is 24.8 Å². The van der Waals surface area contributed by atoms with Gasteiger partial charge in [0.15, 0.2) is 0 Å². The summed E-state index contributed by atoms with van der Waals surface area (Å²) in [5, 5.41) is 0. The Morgan fingerprint density at radius 3 is 2.65 bits per heavy atom. The Bertz CT molecular complexity index is 449. The summed E-state index contributed by atoms with van der Waals surface area (Å²) in [6.45, 7) is 7.17. The highest BCUT2D eigenvalue weighted by molar-refractivity contribution is 5.35. The van der Waals surface area contributed by atoms with Crippen LogP contribution in [0.1, 0.15) is 46.5 Å². The number of fused-ring (bicyclic) bond motifs is 2. The predicted octanol–water partition coefficient (Wildman–Crippen LogP) is 6.00. The Hall–Kier alpha value is -1.30. The van der Waals surface area contributed by atoms with Gasteiger partial charge in [0.2, 0.25) is 0 Å². The molecule has 0 aliphatic heterocycles. The Balaban J connectivity index is 2.27. The topological polar surface area (TPSA) is 0 Å². The van der Waals surface area contributed by atoms with Gasteiger partial charge < -0.3 is 0 Å². The summed E-state index contributed by atoms with van der Waals surface area (Å²) in [7, 11) is 0. The van der Waals surface area contributed by atoms with E-state index in [9.17, 15) is 0 Å². The second-order valence-electron chi connectivity index (χ2n) is 7.11. The van der Waals surface area contributed by atoms with E-state index in [0.29, 0.717) is 11.3 Å². The van der Waals surface area contributed by atoms with Crippen LogP contribution in [0.5, 0.6) is 0 Å². The second-order valence-corrected chi connectivity index (χ2v) is 7.11. The van der Waals surface area contributed by atoms with Crippen LogP contribution in [-0.2, 0) is 0 Å². The minimum atomic E-state index is 0.401. The van der Waals surface area contributed by atoms with Gasteiger partial charge in [-0.1, -0.05) is 75.5 Å². The van der Waals surface area contributed by atoms with Crippen molar-refractivity contribution in [2.45, 2.75) is 46.5 Å². The van der Waals surface area contributed by atoms with Gasteiger partial charge in [0.05, 0.1) is 0 Å². The summed E-state index contributed by atoms with van der Waals surface area (Å²) in [5.74, 6) is 1.45. The monoisotopic (exact) mass is 268 g/mol. The number of allylic oxidation sites excluding steroid dienone is 10. The van der Waals surface area contributed by atoms with E-state index in [4.69, 9.17) is 0 Å². The van der Waals surface area contributed by atoms with Gasteiger partial charge in [0.1, 0.15) is 0 Å². The highest BCUT2D eigenvalue weighted by Crippen LogP contribution is 2.36. The van der Waals surface area contributed by atoms with E-state index in [1.54, 1.807) is 0 Å². The van der Waals surface area contributed by atoms with Gasteiger partial charge >= 0.3 is 0 Å². The molecule has 0 heterocycles. The lowest BCUT2D eigenvalue weighted by Gasteiger charge is -2.33. The zero-order valence-electron chi connectivity index (χ0n) is 13.2. The van der Waals surface area contributed by atoms with E-state index in [2.05, 4.69) is 75.5 Å². The van der Waals surface area contributed by atoms with Crippen LogP contribution in [0, 0.1) is 17.3 Å². The lowest BCUT2D eigenvalue weighted by Crippen LogP contribution is -2.23. The van der Waals surface area contributed by atoms with E-state index in [1.807, 2.05) is 0 Å². The van der Waals surface area contributed by atoms with Gasteiger partial charge in [-0.25, -0.2) is 0 Å². The van der Waals surface area contributed by atoms with Gasteiger partial charge in [-0.3, -0.25) is 0 Å². The van der Waals surface area contributed by atoms with Gasteiger partial charge in [-0.15, -0.1) is 0 Å². The largest absolute Gasteiger partial charge is 0.0840 e. The minimum Gasteiger partial charge on any atom is -0.0840 e. The first kappa shape index (κ1) is 15.1. The third-order valence-electron chi connectivity index (χ3n) is 4.45. The van der Waals surface area contributed by atoms with Crippen molar-refractivity contribution >= 4 is 0 Å². The van der Waals surface area contributed by atoms with Gasteiger partial charge in [0.25, 0.3) is 0 Å². The molecule has 0 radical (unpaired) electrons. The van der Waals surface area contributed by atoms with E-state index in [-0.39, 0.29) is 0 Å². The van der Waals surface area contributed by atoms with E-state index in [0.717, 1.165) is 12.3 Å². The Morgan fingerprint density at radius 1 is 1.00 bits per heavy atom. The molecule has 0 aromatic heterocycles. The third kappa shape index (κ3) is 4.67.